The molecular formula is C16H19BrClF2N3O. The van der Waals surface area contributed by atoms with Crippen molar-refractivity contribution >= 4 is 44.6 Å². The van der Waals surface area contributed by atoms with Crippen LogP contribution in [-0.4, -0.2) is 17.4 Å². The molecule has 4 nitrogen and oxygen atoms in total. The van der Waals surface area contributed by atoms with E-state index in [9.17, 15) is 8.78 Å². The molecule has 1 aromatic rings. The van der Waals surface area contributed by atoms with Gasteiger partial charge in [-0.3, -0.25) is 5.41 Å². The van der Waals surface area contributed by atoms with Crippen molar-refractivity contribution in [2.75, 3.05) is 5.32 Å². The first kappa shape index (κ1) is 22.3. The second-order valence-corrected chi connectivity index (χ2v) is 5.41. The van der Waals surface area contributed by atoms with E-state index in [1.807, 2.05) is 13.8 Å². The van der Waals surface area contributed by atoms with E-state index in [4.69, 9.17) is 17.0 Å². The maximum atomic E-state index is 12.7. The number of hydrogen-bond donors (Lipinski definition) is 2. The lowest BCUT2D eigenvalue weighted by molar-refractivity contribution is -0.158. The molecule has 8 heteroatoms. The lowest BCUT2D eigenvalue weighted by atomic mass is 10.2. The number of alkyl halides is 2. The monoisotopic (exact) mass is 421 g/mol. The van der Waals surface area contributed by atoms with Crippen molar-refractivity contribution in [2.24, 2.45) is 4.99 Å². The number of halogens is 4. The van der Waals surface area contributed by atoms with Gasteiger partial charge in [-0.2, -0.15) is 8.78 Å². The van der Waals surface area contributed by atoms with Gasteiger partial charge in [-0.1, -0.05) is 32.0 Å². The second-order valence-electron chi connectivity index (χ2n) is 4.16. The van der Waals surface area contributed by atoms with Gasteiger partial charge in [0.15, 0.2) is 0 Å². The summed E-state index contributed by atoms with van der Waals surface area (Å²) < 4.78 is 29.9. The largest absolute Gasteiger partial charge is 0.433 e. The third kappa shape index (κ3) is 7.70. The van der Waals surface area contributed by atoms with Crippen LogP contribution in [0.25, 0.3) is 0 Å². The molecule has 24 heavy (non-hydrogen) atoms. The van der Waals surface area contributed by atoms with Crippen molar-refractivity contribution < 1.29 is 13.5 Å². The first-order valence-corrected chi connectivity index (χ1v) is 8.05. The summed E-state index contributed by atoms with van der Waals surface area (Å²) in [5, 5.41) is 10.6. The molecular weight excluding hydrogens is 404 g/mol. The van der Waals surface area contributed by atoms with E-state index in [-0.39, 0.29) is 26.8 Å². The number of rotatable bonds is 7. The number of hydrogen-bond acceptors (Lipinski definition) is 4. The summed E-state index contributed by atoms with van der Waals surface area (Å²) in [5.41, 5.74) is 0.760. The lowest BCUT2D eigenvalue weighted by Crippen LogP contribution is -2.19. The van der Waals surface area contributed by atoms with Gasteiger partial charge in [0, 0.05) is 17.6 Å². The molecule has 0 bridgehead atoms. The van der Waals surface area contributed by atoms with Crippen LogP contribution in [0.3, 0.4) is 0 Å². The lowest BCUT2D eigenvalue weighted by Gasteiger charge is -2.14. The number of aliphatic imine (C=N–C) groups is 1. The Morgan fingerprint density at radius 3 is 2.17 bits per heavy atom. The molecule has 0 unspecified atom stereocenters. The Morgan fingerprint density at radius 1 is 1.33 bits per heavy atom. The Kier molecular flexibility index (Phi) is 9.47. The predicted octanol–water partition coefficient (Wildman–Crippen LogP) is 6.15. The van der Waals surface area contributed by atoms with Crippen LogP contribution >= 0.6 is 27.5 Å². The number of nitrogens with one attached hydrogen (secondary N) is 2. The SMILES string of the molecule is C=N/C(Nc1ccc(OC(C)(F)F)cc1)=C(\C(=C)Cl)C(=N)Br.CC. The van der Waals surface area contributed by atoms with Crippen LogP contribution in [0.4, 0.5) is 14.5 Å². The normalized spacial score (nSPS) is 11.5. The summed E-state index contributed by atoms with van der Waals surface area (Å²) in [5.74, 6) is 0.224. The molecule has 0 fully saturated rings. The van der Waals surface area contributed by atoms with Crippen molar-refractivity contribution in [1.82, 2.24) is 0 Å². The zero-order valence-electron chi connectivity index (χ0n) is 13.6. The molecule has 0 heterocycles. The fourth-order valence-electron chi connectivity index (χ4n) is 1.48. The number of allylic oxidation sites excluding steroid dienone is 2. The minimum atomic E-state index is -3.25. The number of nitrogens with zero attached hydrogens (tertiary/aromatic N) is 1. The predicted molar refractivity (Wildman–Crippen MR) is 101 cm³/mol. The van der Waals surface area contributed by atoms with Crippen molar-refractivity contribution in [3.05, 3.63) is 47.3 Å². The molecule has 0 aliphatic carbocycles. The molecule has 2 N–H and O–H groups in total. The maximum absolute atomic E-state index is 12.7. The van der Waals surface area contributed by atoms with Gasteiger partial charge in [0.25, 0.3) is 0 Å². The van der Waals surface area contributed by atoms with Gasteiger partial charge in [-0.05, 0) is 46.9 Å². The van der Waals surface area contributed by atoms with E-state index < -0.39 is 6.11 Å². The molecule has 0 radical (unpaired) electrons. The average molecular weight is 423 g/mol. The average Bonchev–Trinajstić information content (AvgIpc) is 2.48. The van der Waals surface area contributed by atoms with Crippen LogP contribution in [-0.2, 0) is 0 Å². The van der Waals surface area contributed by atoms with Crippen molar-refractivity contribution in [2.45, 2.75) is 26.9 Å². The highest BCUT2D eigenvalue weighted by atomic mass is 79.9. The summed E-state index contributed by atoms with van der Waals surface area (Å²) in [6.07, 6.45) is -3.25. The van der Waals surface area contributed by atoms with Crippen molar-refractivity contribution in [1.29, 1.82) is 5.41 Å². The first-order valence-electron chi connectivity index (χ1n) is 6.88. The standard InChI is InChI=1S/C14H13BrClF2N3O.C2H6/c1-8(16)11(12(15)19)13(20-3)21-9-4-6-10(7-5-9)22-14(2,17)18;1-2/h4-7,19,21H,1,3H2,2H3;1-2H3/b13-11-,19-12?;. The topological polar surface area (TPSA) is 57.5 Å². The van der Waals surface area contributed by atoms with Crippen LogP contribution in [0.1, 0.15) is 20.8 Å². The number of benzene rings is 1. The van der Waals surface area contributed by atoms with E-state index in [1.165, 1.54) is 24.3 Å². The van der Waals surface area contributed by atoms with Crippen LogP contribution in [0.2, 0.25) is 0 Å². The van der Waals surface area contributed by atoms with Crippen LogP contribution in [0, 0.1) is 5.41 Å². The fraction of sp³-hybridized carbons (Fsp3) is 0.250. The Hall–Kier alpha value is -1.73. The van der Waals surface area contributed by atoms with E-state index >= 15 is 0 Å². The van der Waals surface area contributed by atoms with Crippen molar-refractivity contribution in [3.8, 4) is 5.75 Å². The number of anilines is 1. The van der Waals surface area contributed by atoms with Crippen LogP contribution < -0.4 is 10.1 Å². The first-order chi connectivity index (χ1) is 11.1. The van der Waals surface area contributed by atoms with Gasteiger partial charge in [0.2, 0.25) is 0 Å². The van der Waals surface area contributed by atoms with Gasteiger partial charge in [0.05, 0.1) is 5.57 Å². The van der Waals surface area contributed by atoms with Gasteiger partial charge < -0.3 is 10.1 Å². The van der Waals surface area contributed by atoms with Gasteiger partial charge in [0.1, 0.15) is 16.2 Å². The molecule has 0 aliphatic rings. The quantitative estimate of drug-likeness (QED) is 0.409. The zero-order valence-corrected chi connectivity index (χ0v) is 15.9. The smallest absolute Gasteiger partial charge is 0.394 e. The van der Waals surface area contributed by atoms with E-state index in [0.29, 0.717) is 12.6 Å². The molecule has 0 saturated carbocycles. The Labute approximate surface area is 153 Å². The molecule has 0 spiro atoms. The molecule has 132 valence electrons. The molecule has 1 rings (SSSR count). The molecule has 0 atom stereocenters. The summed E-state index contributed by atoms with van der Waals surface area (Å²) in [6, 6.07) is 5.77. The summed E-state index contributed by atoms with van der Waals surface area (Å²) in [4.78, 5) is 3.76. The third-order valence-electron chi connectivity index (χ3n) is 2.30. The zero-order chi connectivity index (χ0) is 18.9. The summed E-state index contributed by atoms with van der Waals surface area (Å²) >= 11 is 8.81. The van der Waals surface area contributed by atoms with E-state index in [0.717, 1.165) is 0 Å². The summed E-state index contributed by atoms with van der Waals surface area (Å²) in [7, 11) is 0. The van der Waals surface area contributed by atoms with Crippen molar-refractivity contribution in [3.63, 3.8) is 0 Å². The highest BCUT2D eigenvalue weighted by molar-refractivity contribution is 9.18. The Balaban J connectivity index is 0.00000254. The minimum absolute atomic E-state index is 0.0188. The molecule has 0 saturated heterocycles. The number of ether oxygens (including phenoxy) is 1. The molecule has 0 amide bonds. The Morgan fingerprint density at radius 2 is 1.83 bits per heavy atom. The van der Waals surface area contributed by atoms with Gasteiger partial charge in [-0.25, -0.2) is 4.99 Å². The van der Waals surface area contributed by atoms with E-state index in [2.05, 4.69) is 44.3 Å². The van der Waals surface area contributed by atoms with Gasteiger partial charge >= 0.3 is 6.11 Å². The summed E-state index contributed by atoms with van der Waals surface area (Å²) in [6.45, 7) is 11.6. The highest BCUT2D eigenvalue weighted by Gasteiger charge is 2.22. The highest BCUT2D eigenvalue weighted by Crippen LogP contribution is 2.26. The fourth-order valence-corrected chi connectivity index (χ4v) is 2.21. The molecule has 0 aliphatic heterocycles. The van der Waals surface area contributed by atoms with E-state index in [1.54, 1.807) is 0 Å². The Bertz CT molecular complexity index is 609. The maximum Gasteiger partial charge on any atom is 0.394 e. The van der Waals surface area contributed by atoms with Crippen LogP contribution in [0.15, 0.2) is 52.3 Å². The minimum Gasteiger partial charge on any atom is -0.433 e. The van der Waals surface area contributed by atoms with Crippen LogP contribution in [0.5, 0.6) is 5.75 Å². The second kappa shape index (κ2) is 10.2. The molecule has 1 aromatic carbocycles. The van der Waals surface area contributed by atoms with Gasteiger partial charge in [-0.15, -0.1) is 0 Å². The third-order valence-corrected chi connectivity index (χ3v) is 2.89. The molecule has 0 aromatic heterocycles.